The zero-order valence-corrected chi connectivity index (χ0v) is 18.4. The number of aromatic nitrogens is 3. The van der Waals surface area contributed by atoms with Gasteiger partial charge in [-0.3, -0.25) is 9.55 Å². The van der Waals surface area contributed by atoms with E-state index in [-0.39, 0.29) is 5.84 Å². The van der Waals surface area contributed by atoms with E-state index in [1.165, 1.54) is 23.5 Å². The van der Waals surface area contributed by atoms with E-state index < -0.39 is 0 Å². The lowest BCUT2D eigenvalue weighted by Gasteiger charge is -2.07. The molecule has 3 aromatic rings. The number of nitriles is 1. The highest BCUT2D eigenvalue weighted by Gasteiger charge is 2.22. The molecule has 0 unspecified atom stereocenters. The molecule has 4 rings (SSSR count). The highest BCUT2D eigenvalue weighted by atomic mass is 35.5. The van der Waals surface area contributed by atoms with E-state index in [2.05, 4.69) is 21.2 Å². The minimum Gasteiger partial charge on any atom is -0.389 e. The van der Waals surface area contributed by atoms with Gasteiger partial charge in [0.25, 0.3) is 0 Å². The maximum absolute atomic E-state index is 9.52. The first-order valence-corrected chi connectivity index (χ1v) is 11.1. The van der Waals surface area contributed by atoms with Crippen molar-refractivity contribution in [2.24, 2.45) is 10.9 Å². The average Bonchev–Trinajstić information content (AvgIpc) is 3.48. The van der Waals surface area contributed by atoms with E-state index in [1.54, 1.807) is 35.6 Å². The number of hydrogen-bond acceptors (Lipinski definition) is 7. The molecule has 0 bridgehead atoms. The first-order chi connectivity index (χ1) is 15.2. The molecular weight excluding hydrogens is 452 g/mol. The fraction of sp³-hybridized carbons (Fsp3) is 0.0476. The molecule has 154 valence electrons. The number of pyridine rings is 1. The van der Waals surface area contributed by atoms with Crippen LogP contribution in [0.3, 0.4) is 0 Å². The van der Waals surface area contributed by atoms with E-state index in [9.17, 15) is 5.26 Å². The summed E-state index contributed by atoms with van der Waals surface area (Å²) >= 11 is 9.35. The van der Waals surface area contributed by atoms with Gasteiger partial charge < -0.3 is 10.6 Å². The van der Waals surface area contributed by atoms with E-state index in [0.29, 0.717) is 28.6 Å². The highest BCUT2D eigenvalue weighted by molar-refractivity contribution is 8.31. The van der Waals surface area contributed by atoms with Crippen molar-refractivity contribution in [2.75, 3.05) is 0 Å². The number of nitrogens with zero attached hydrogens (tertiary/aromatic N) is 5. The van der Waals surface area contributed by atoms with Crippen LogP contribution in [0.2, 0.25) is 5.02 Å². The van der Waals surface area contributed by atoms with Crippen LogP contribution in [-0.4, -0.2) is 20.4 Å². The number of amidine groups is 1. The molecule has 0 saturated heterocycles. The van der Waals surface area contributed by atoms with Crippen LogP contribution in [0, 0.1) is 11.3 Å². The van der Waals surface area contributed by atoms with E-state index in [0.717, 1.165) is 14.7 Å². The van der Waals surface area contributed by atoms with Crippen molar-refractivity contribution >= 4 is 51.6 Å². The van der Waals surface area contributed by atoms with Gasteiger partial charge in [-0.2, -0.15) is 5.26 Å². The molecule has 0 atom stereocenters. The second-order valence-corrected chi connectivity index (χ2v) is 8.81. The summed E-state index contributed by atoms with van der Waals surface area (Å²) < 4.78 is 2.50. The molecule has 0 amide bonds. The maximum Gasteiger partial charge on any atom is 0.171 e. The highest BCUT2D eigenvalue weighted by Crippen LogP contribution is 2.51. The Morgan fingerprint density at radius 2 is 2.16 bits per heavy atom. The van der Waals surface area contributed by atoms with Crippen LogP contribution in [0.15, 0.2) is 76.1 Å². The Bertz CT molecular complexity index is 1220. The van der Waals surface area contributed by atoms with Crippen LogP contribution in [0.4, 0.5) is 0 Å². The van der Waals surface area contributed by atoms with E-state index >= 15 is 0 Å². The molecule has 3 heterocycles. The van der Waals surface area contributed by atoms with Crippen LogP contribution in [0.5, 0.6) is 0 Å². The Morgan fingerprint density at radius 1 is 1.32 bits per heavy atom. The topological polar surface area (TPSA) is 102 Å². The molecule has 10 heteroatoms. The molecule has 0 radical (unpaired) electrons. The summed E-state index contributed by atoms with van der Waals surface area (Å²) in [6.07, 6.45) is 6.54. The van der Waals surface area contributed by atoms with Gasteiger partial charge in [0.15, 0.2) is 5.84 Å². The van der Waals surface area contributed by atoms with Crippen LogP contribution < -0.4 is 5.73 Å². The number of benzene rings is 1. The molecule has 1 aliphatic rings. The third-order valence-corrected chi connectivity index (χ3v) is 6.79. The number of thioether (sulfide) groups is 2. The minimum absolute atomic E-state index is 0.187. The third kappa shape index (κ3) is 4.94. The second kappa shape index (κ2) is 9.75. The summed E-state index contributed by atoms with van der Waals surface area (Å²) in [6, 6.07) is 13.6. The van der Waals surface area contributed by atoms with Gasteiger partial charge in [-0.15, -0.1) is 0 Å². The number of imidazole rings is 1. The van der Waals surface area contributed by atoms with Gasteiger partial charge in [0.05, 0.1) is 21.3 Å². The predicted octanol–water partition coefficient (Wildman–Crippen LogP) is 4.90. The average molecular weight is 467 g/mol. The third-order valence-electron chi connectivity index (χ3n) is 4.14. The summed E-state index contributed by atoms with van der Waals surface area (Å²) in [5.41, 5.74) is 8.67. The molecule has 0 spiro atoms. The van der Waals surface area contributed by atoms with Gasteiger partial charge in [-0.1, -0.05) is 70.6 Å². The van der Waals surface area contributed by atoms with Crippen molar-refractivity contribution in [2.45, 2.75) is 6.61 Å². The molecule has 0 saturated carbocycles. The fourth-order valence-electron chi connectivity index (χ4n) is 2.63. The standard InChI is InChI=1S/C21H15ClN6OS2/c22-16-8-15(20(24)27-29-11-14-4-2-1-3-5-14)10-26-19(16)18-12-30-21(31-18)17(9-23)28-7-6-25-13-28/h1-8,10,12-13H,11H2,(H2,24,27)/b21-17+. The Kier molecular flexibility index (Phi) is 6.62. The number of nitrogens with two attached hydrogens (primary N) is 1. The molecule has 2 aromatic heterocycles. The second-order valence-electron chi connectivity index (χ2n) is 6.21. The Balaban J connectivity index is 1.47. The smallest absolute Gasteiger partial charge is 0.171 e. The van der Waals surface area contributed by atoms with Crippen molar-refractivity contribution in [3.05, 3.63) is 92.8 Å². The number of hydrogen-bond donors (Lipinski definition) is 1. The van der Waals surface area contributed by atoms with Gasteiger partial charge in [0.1, 0.15) is 18.4 Å². The fourth-order valence-corrected chi connectivity index (χ4v) is 5.19. The van der Waals surface area contributed by atoms with Crippen LogP contribution in [0.25, 0.3) is 10.6 Å². The summed E-state index contributed by atoms with van der Waals surface area (Å²) in [6.45, 7) is 0.314. The quantitative estimate of drug-likeness (QED) is 0.238. The SMILES string of the molecule is N#C/C(=C1/SC=C(c2ncc(/C(N)=N/OCc3ccccc3)cc2Cl)S1)n1ccnc1. The van der Waals surface area contributed by atoms with Gasteiger partial charge >= 0.3 is 0 Å². The van der Waals surface area contributed by atoms with Gasteiger partial charge in [0.2, 0.25) is 0 Å². The van der Waals surface area contributed by atoms with Crippen LogP contribution in [-0.2, 0) is 11.4 Å². The minimum atomic E-state index is 0.187. The number of rotatable bonds is 6. The molecule has 31 heavy (non-hydrogen) atoms. The number of allylic oxidation sites excluding steroid dienone is 1. The lowest BCUT2D eigenvalue weighted by atomic mass is 10.2. The largest absolute Gasteiger partial charge is 0.389 e. The van der Waals surface area contributed by atoms with E-state index in [4.69, 9.17) is 22.2 Å². The Labute approximate surface area is 192 Å². The maximum atomic E-state index is 9.52. The summed E-state index contributed by atoms with van der Waals surface area (Å²) in [5, 5.41) is 15.8. The van der Waals surface area contributed by atoms with Crippen LogP contribution >= 0.6 is 35.1 Å². The zero-order valence-electron chi connectivity index (χ0n) is 16.0. The predicted molar refractivity (Wildman–Crippen MR) is 125 cm³/mol. The molecule has 2 N–H and O–H groups in total. The molecule has 1 aromatic carbocycles. The summed E-state index contributed by atoms with van der Waals surface area (Å²) in [5.74, 6) is 0.187. The van der Waals surface area contributed by atoms with Crippen molar-refractivity contribution in [1.29, 1.82) is 5.26 Å². The number of halogens is 1. The first-order valence-electron chi connectivity index (χ1n) is 8.98. The first kappa shape index (κ1) is 21.1. The zero-order chi connectivity index (χ0) is 21.6. The summed E-state index contributed by atoms with van der Waals surface area (Å²) in [4.78, 5) is 14.6. The summed E-state index contributed by atoms with van der Waals surface area (Å²) in [7, 11) is 0. The molecular formula is C21H15ClN6OS2. The van der Waals surface area contributed by atoms with Crippen molar-refractivity contribution < 1.29 is 4.84 Å². The monoisotopic (exact) mass is 466 g/mol. The molecule has 1 aliphatic heterocycles. The van der Waals surface area contributed by atoms with Gasteiger partial charge in [-0.05, 0) is 17.0 Å². The van der Waals surface area contributed by atoms with Crippen LogP contribution in [0.1, 0.15) is 16.8 Å². The van der Waals surface area contributed by atoms with E-state index in [1.807, 2.05) is 35.7 Å². The van der Waals surface area contributed by atoms with Crippen molar-refractivity contribution in [3.8, 4) is 6.07 Å². The lowest BCUT2D eigenvalue weighted by Crippen LogP contribution is -2.14. The van der Waals surface area contributed by atoms with Crippen molar-refractivity contribution in [3.63, 3.8) is 0 Å². The molecule has 0 fully saturated rings. The Hall–Kier alpha value is -3.19. The van der Waals surface area contributed by atoms with Gasteiger partial charge in [-0.25, -0.2) is 4.98 Å². The van der Waals surface area contributed by atoms with Gasteiger partial charge in [0, 0.05) is 29.1 Å². The Morgan fingerprint density at radius 3 is 2.87 bits per heavy atom. The molecule has 7 nitrogen and oxygen atoms in total. The molecule has 0 aliphatic carbocycles. The lowest BCUT2D eigenvalue weighted by molar-refractivity contribution is 0.130. The number of oxime groups is 1. The normalized spacial score (nSPS) is 15.4. The van der Waals surface area contributed by atoms with Crippen molar-refractivity contribution in [1.82, 2.24) is 14.5 Å².